The predicted octanol–water partition coefficient (Wildman–Crippen LogP) is 1.82. The second-order valence-corrected chi connectivity index (χ2v) is 6.72. The van der Waals surface area contributed by atoms with E-state index in [1.54, 1.807) is 0 Å². The molecule has 4 rings (SSSR count). The number of hydrogen-bond acceptors (Lipinski definition) is 5. The summed E-state index contributed by atoms with van der Waals surface area (Å²) < 4.78 is 11.4. The highest BCUT2D eigenvalue weighted by atomic mass is 16.5. The first kappa shape index (κ1) is 17.0. The van der Waals surface area contributed by atoms with E-state index in [1.165, 1.54) is 5.56 Å². The van der Waals surface area contributed by atoms with Gasteiger partial charge in [0.2, 0.25) is 0 Å². The van der Waals surface area contributed by atoms with Gasteiger partial charge < -0.3 is 14.4 Å². The van der Waals surface area contributed by atoms with Crippen LogP contribution < -0.4 is 4.74 Å². The van der Waals surface area contributed by atoms with E-state index in [2.05, 4.69) is 9.88 Å². The molecular formula is C20H23N3O3. The van der Waals surface area contributed by atoms with Crippen molar-refractivity contribution in [2.24, 2.45) is 0 Å². The summed E-state index contributed by atoms with van der Waals surface area (Å²) in [5.41, 5.74) is 1.94. The fourth-order valence-corrected chi connectivity index (χ4v) is 3.32. The van der Waals surface area contributed by atoms with E-state index in [9.17, 15) is 4.79 Å². The van der Waals surface area contributed by atoms with Crippen LogP contribution in [0.2, 0.25) is 0 Å². The van der Waals surface area contributed by atoms with E-state index in [-0.39, 0.29) is 12.0 Å². The minimum absolute atomic E-state index is 0.0478. The monoisotopic (exact) mass is 353 g/mol. The first-order chi connectivity index (χ1) is 12.8. The molecule has 0 unspecified atom stereocenters. The van der Waals surface area contributed by atoms with Gasteiger partial charge in [-0.2, -0.15) is 0 Å². The number of likely N-dealkylation sites (tertiary alicyclic amines) is 1. The number of carbonyl (C=O) groups is 1. The molecule has 2 saturated heterocycles. The van der Waals surface area contributed by atoms with Crippen LogP contribution in [0.1, 0.15) is 15.9 Å². The van der Waals surface area contributed by atoms with Crippen LogP contribution in [-0.4, -0.2) is 66.2 Å². The molecule has 0 atom stereocenters. The first-order valence-corrected chi connectivity index (χ1v) is 9.03. The molecule has 136 valence electrons. The molecule has 2 aliphatic rings. The smallest absolute Gasteiger partial charge is 0.254 e. The zero-order valence-electron chi connectivity index (χ0n) is 14.7. The number of carbonyl (C=O) groups excluding carboxylic acids is 1. The Balaban J connectivity index is 1.30. The van der Waals surface area contributed by atoms with Crippen LogP contribution in [0.15, 0.2) is 48.8 Å². The molecule has 0 radical (unpaired) electrons. The largest absolute Gasteiger partial charge is 0.488 e. The van der Waals surface area contributed by atoms with E-state index >= 15 is 0 Å². The zero-order valence-corrected chi connectivity index (χ0v) is 14.7. The normalized spacial score (nSPS) is 18.4. The van der Waals surface area contributed by atoms with E-state index in [0.29, 0.717) is 31.9 Å². The molecule has 0 spiro atoms. The van der Waals surface area contributed by atoms with Gasteiger partial charge in [-0.1, -0.05) is 6.07 Å². The number of amides is 1. The number of nitrogens with zero attached hydrogens (tertiary/aromatic N) is 3. The second kappa shape index (κ2) is 7.85. The molecule has 1 aromatic carbocycles. The van der Waals surface area contributed by atoms with Crippen molar-refractivity contribution in [3.05, 3.63) is 59.9 Å². The van der Waals surface area contributed by atoms with Crippen LogP contribution in [0.25, 0.3) is 0 Å². The highest BCUT2D eigenvalue weighted by molar-refractivity contribution is 5.94. The summed E-state index contributed by atoms with van der Waals surface area (Å²) in [7, 11) is 0. The van der Waals surface area contributed by atoms with Crippen LogP contribution >= 0.6 is 0 Å². The molecule has 1 aromatic heterocycles. The average molecular weight is 353 g/mol. The summed E-state index contributed by atoms with van der Waals surface area (Å²) in [5, 5.41) is 0. The lowest BCUT2D eigenvalue weighted by molar-refractivity contribution is 0.0143. The quantitative estimate of drug-likeness (QED) is 0.821. The second-order valence-electron chi connectivity index (χ2n) is 6.72. The topological polar surface area (TPSA) is 54.9 Å². The Morgan fingerprint density at radius 1 is 1.15 bits per heavy atom. The summed E-state index contributed by atoms with van der Waals surface area (Å²) in [6.45, 7) is 5.22. The van der Waals surface area contributed by atoms with Crippen LogP contribution in [0, 0.1) is 0 Å². The minimum Gasteiger partial charge on any atom is -0.488 e. The molecule has 2 fully saturated rings. The van der Waals surface area contributed by atoms with Gasteiger partial charge in [0.05, 0.1) is 13.2 Å². The highest BCUT2D eigenvalue weighted by Gasteiger charge is 2.28. The third-order valence-electron chi connectivity index (χ3n) is 4.76. The SMILES string of the molecule is O=C(c1cccc(OC2CN(Cc3ccncc3)C2)c1)N1CCOCC1. The van der Waals surface area contributed by atoms with Gasteiger partial charge in [-0.25, -0.2) is 0 Å². The Labute approximate surface area is 153 Å². The summed E-state index contributed by atoms with van der Waals surface area (Å²) in [6, 6.07) is 11.6. The molecule has 6 nitrogen and oxygen atoms in total. The van der Waals surface area contributed by atoms with Crippen LogP contribution in [0.4, 0.5) is 0 Å². The van der Waals surface area contributed by atoms with Gasteiger partial charge in [0.15, 0.2) is 0 Å². The van der Waals surface area contributed by atoms with Crippen molar-refractivity contribution in [3.63, 3.8) is 0 Å². The number of aromatic nitrogens is 1. The fourth-order valence-electron chi connectivity index (χ4n) is 3.32. The summed E-state index contributed by atoms with van der Waals surface area (Å²) in [5.74, 6) is 0.810. The van der Waals surface area contributed by atoms with Crippen molar-refractivity contribution in [2.45, 2.75) is 12.6 Å². The number of benzene rings is 1. The van der Waals surface area contributed by atoms with Gasteiger partial charge >= 0.3 is 0 Å². The van der Waals surface area contributed by atoms with Crippen molar-refractivity contribution in [1.82, 2.24) is 14.8 Å². The molecule has 1 amide bonds. The van der Waals surface area contributed by atoms with E-state index < -0.39 is 0 Å². The minimum atomic E-state index is 0.0478. The van der Waals surface area contributed by atoms with E-state index in [4.69, 9.17) is 9.47 Å². The Morgan fingerprint density at radius 3 is 2.69 bits per heavy atom. The van der Waals surface area contributed by atoms with E-state index in [0.717, 1.165) is 25.4 Å². The zero-order chi connectivity index (χ0) is 17.8. The summed E-state index contributed by atoms with van der Waals surface area (Å²) >= 11 is 0. The summed E-state index contributed by atoms with van der Waals surface area (Å²) in [4.78, 5) is 20.8. The molecule has 2 aliphatic heterocycles. The molecule has 0 N–H and O–H groups in total. The Morgan fingerprint density at radius 2 is 1.92 bits per heavy atom. The Bertz CT molecular complexity index is 741. The number of pyridine rings is 1. The maximum absolute atomic E-state index is 12.6. The number of hydrogen-bond donors (Lipinski definition) is 0. The third-order valence-corrected chi connectivity index (χ3v) is 4.76. The van der Waals surface area contributed by atoms with Gasteiger partial charge in [0.25, 0.3) is 5.91 Å². The maximum Gasteiger partial charge on any atom is 0.254 e. The lowest BCUT2D eigenvalue weighted by Gasteiger charge is -2.39. The summed E-state index contributed by atoms with van der Waals surface area (Å²) in [6.07, 6.45) is 3.81. The molecule has 2 aromatic rings. The van der Waals surface area contributed by atoms with Crippen LogP contribution in [-0.2, 0) is 11.3 Å². The maximum atomic E-state index is 12.6. The van der Waals surface area contributed by atoms with Crippen molar-refractivity contribution < 1.29 is 14.3 Å². The van der Waals surface area contributed by atoms with Crippen molar-refractivity contribution in [3.8, 4) is 5.75 Å². The first-order valence-electron chi connectivity index (χ1n) is 9.03. The lowest BCUT2D eigenvalue weighted by Crippen LogP contribution is -2.53. The molecule has 0 bridgehead atoms. The van der Waals surface area contributed by atoms with Crippen molar-refractivity contribution in [2.75, 3.05) is 39.4 Å². The van der Waals surface area contributed by atoms with Gasteiger partial charge in [-0.3, -0.25) is 14.7 Å². The average Bonchev–Trinajstić information content (AvgIpc) is 2.67. The van der Waals surface area contributed by atoms with E-state index in [1.807, 2.05) is 53.7 Å². The molecule has 6 heteroatoms. The Hall–Kier alpha value is -2.44. The third kappa shape index (κ3) is 4.03. The standard InChI is InChI=1S/C20H23N3O3/c24-20(23-8-10-25-11-9-23)17-2-1-3-18(12-17)26-19-14-22(15-19)13-16-4-6-21-7-5-16/h1-7,12,19H,8-11,13-15H2. The molecule has 26 heavy (non-hydrogen) atoms. The van der Waals surface area contributed by atoms with Crippen LogP contribution in [0.3, 0.4) is 0 Å². The lowest BCUT2D eigenvalue weighted by atomic mass is 10.1. The number of ether oxygens (including phenoxy) is 2. The van der Waals surface area contributed by atoms with Crippen molar-refractivity contribution >= 4 is 5.91 Å². The number of morpholine rings is 1. The number of rotatable bonds is 5. The van der Waals surface area contributed by atoms with Gasteiger partial charge in [0, 0.05) is 50.7 Å². The highest BCUT2D eigenvalue weighted by Crippen LogP contribution is 2.21. The molecule has 0 aliphatic carbocycles. The van der Waals surface area contributed by atoms with Gasteiger partial charge in [-0.05, 0) is 35.9 Å². The fraction of sp³-hybridized carbons (Fsp3) is 0.400. The van der Waals surface area contributed by atoms with Crippen LogP contribution in [0.5, 0.6) is 5.75 Å². The molecule has 3 heterocycles. The Kier molecular flexibility index (Phi) is 5.13. The van der Waals surface area contributed by atoms with Gasteiger partial charge in [0.1, 0.15) is 11.9 Å². The van der Waals surface area contributed by atoms with Gasteiger partial charge in [-0.15, -0.1) is 0 Å². The van der Waals surface area contributed by atoms with Crippen molar-refractivity contribution in [1.29, 1.82) is 0 Å². The predicted molar refractivity (Wildman–Crippen MR) is 97.1 cm³/mol. The molecule has 0 saturated carbocycles. The molecular weight excluding hydrogens is 330 g/mol.